The molecule has 184 valence electrons. The van der Waals surface area contributed by atoms with Crippen LogP contribution in [-0.2, 0) is 19.0 Å². The topological polar surface area (TPSA) is 65.1 Å². The first kappa shape index (κ1) is 26.2. The lowest BCUT2D eigenvalue weighted by molar-refractivity contribution is -0.149. The largest absolute Gasteiger partial charge is 0.458 e. The summed E-state index contributed by atoms with van der Waals surface area (Å²) in [6, 6.07) is 3.74. The highest BCUT2D eigenvalue weighted by atomic mass is 19.1. The average Bonchev–Trinajstić information content (AvgIpc) is 3.06. The highest BCUT2D eigenvalue weighted by Crippen LogP contribution is 2.37. The van der Waals surface area contributed by atoms with Gasteiger partial charge in [0.05, 0.1) is 17.8 Å². The number of halogens is 1. The van der Waals surface area contributed by atoms with Gasteiger partial charge >= 0.3 is 13.4 Å². The van der Waals surface area contributed by atoms with Gasteiger partial charge in [0.25, 0.3) is 0 Å². The molecule has 5 atom stereocenters. The number of hydrogen-bond donors (Lipinski definition) is 0. The third-order valence-electron chi connectivity index (χ3n) is 6.61. The molecule has 0 aliphatic carbocycles. The van der Waals surface area contributed by atoms with Gasteiger partial charge in [0, 0.05) is 17.5 Å². The van der Waals surface area contributed by atoms with Gasteiger partial charge in [-0.25, -0.2) is 9.18 Å². The fourth-order valence-corrected chi connectivity index (χ4v) is 4.47. The van der Waals surface area contributed by atoms with Crippen LogP contribution in [0.4, 0.5) is 10.1 Å². The molecule has 2 aliphatic rings. The predicted molar refractivity (Wildman–Crippen MR) is 133 cm³/mol. The van der Waals surface area contributed by atoms with Crippen molar-refractivity contribution in [1.29, 1.82) is 0 Å². The number of carbonyl (C=O) groups is 2. The molecule has 0 radical (unpaired) electrons. The normalized spacial score (nSPS) is 31.7. The number of nitrogens with zero attached hydrogens (tertiary/aromatic N) is 1. The van der Waals surface area contributed by atoms with Gasteiger partial charge in [-0.05, 0) is 70.5 Å². The lowest BCUT2D eigenvalue weighted by Gasteiger charge is -2.25. The fourth-order valence-electron chi connectivity index (χ4n) is 4.47. The Kier molecular flexibility index (Phi) is 8.04. The first-order valence-corrected chi connectivity index (χ1v) is 11.8. The lowest BCUT2D eigenvalue weighted by Crippen LogP contribution is -2.30. The maximum Gasteiger partial charge on any atom is 0.339 e. The van der Waals surface area contributed by atoms with Crippen LogP contribution in [-0.4, -0.2) is 50.7 Å². The molecule has 1 aromatic rings. The zero-order valence-electron chi connectivity index (χ0n) is 21.1. The standard InChI is InChI=1S/C26H35BFNO5/c1-15-12-21(28)17(3)24-22(33-26(5,6)34-24)10-8-9-19-13-20(29(7)27-14-30)11-16(2)23(19)25(31)32-18(15)4/h8-9,11-15,17-18,22,24,27H,10H2,1-7H3/b9-8+,21-12+/t15-,17-,18+,22+,24-/m1/s1. The maximum atomic E-state index is 15.2. The number of cyclic esters (lactones) is 1. The molecule has 2 aliphatic heterocycles. The molecule has 0 spiro atoms. The minimum Gasteiger partial charge on any atom is -0.458 e. The molecule has 0 bridgehead atoms. The molecule has 0 saturated carbocycles. The zero-order valence-corrected chi connectivity index (χ0v) is 21.1. The second-order valence-electron chi connectivity index (χ2n) is 9.86. The smallest absolute Gasteiger partial charge is 0.339 e. The Hall–Kier alpha value is -2.45. The van der Waals surface area contributed by atoms with Crippen molar-refractivity contribution in [2.75, 3.05) is 11.9 Å². The maximum absolute atomic E-state index is 15.2. The molecule has 6 nitrogen and oxygen atoms in total. The van der Waals surface area contributed by atoms with Gasteiger partial charge in [0.15, 0.2) is 5.79 Å². The van der Waals surface area contributed by atoms with E-state index in [0.29, 0.717) is 17.5 Å². The van der Waals surface area contributed by atoms with Crippen molar-refractivity contribution in [3.05, 3.63) is 46.8 Å². The number of ether oxygens (including phenoxy) is 3. The van der Waals surface area contributed by atoms with Crippen LogP contribution in [0.3, 0.4) is 0 Å². The van der Waals surface area contributed by atoms with E-state index in [1.807, 2.05) is 63.8 Å². The molecule has 3 rings (SSSR count). The summed E-state index contributed by atoms with van der Waals surface area (Å²) in [5, 5.41) is 0. The minimum atomic E-state index is -0.817. The first-order valence-electron chi connectivity index (χ1n) is 11.8. The Morgan fingerprint density at radius 2 is 1.91 bits per heavy atom. The number of anilines is 1. The Morgan fingerprint density at radius 3 is 2.59 bits per heavy atom. The van der Waals surface area contributed by atoms with Gasteiger partial charge < -0.3 is 23.8 Å². The molecule has 0 unspecified atom stereocenters. The second-order valence-corrected chi connectivity index (χ2v) is 9.86. The number of carbonyl (C=O) groups excluding carboxylic acids is 2. The van der Waals surface area contributed by atoms with Gasteiger partial charge in [0.1, 0.15) is 18.1 Å². The van der Waals surface area contributed by atoms with E-state index in [4.69, 9.17) is 14.2 Å². The van der Waals surface area contributed by atoms with E-state index >= 15 is 4.39 Å². The molecule has 0 aromatic heterocycles. The SMILES string of the molecule is Cc1cc(N(C)BC=O)cc2c1C(=O)O[C@@H](C)[C@H](C)/C=C(/F)[C@@H](C)[C@H]1OC(C)(C)O[C@H]1C/C=C/2. The summed E-state index contributed by atoms with van der Waals surface area (Å²) >= 11 is 0. The van der Waals surface area contributed by atoms with Crippen molar-refractivity contribution < 1.29 is 28.2 Å². The summed E-state index contributed by atoms with van der Waals surface area (Å²) in [5.41, 5.74) is 2.70. The molecule has 1 fully saturated rings. The van der Waals surface area contributed by atoms with E-state index in [9.17, 15) is 9.59 Å². The quantitative estimate of drug-likeness (QED) is 0.365. The average molecular weight is 471 g/mol. The Balaban J connectivity index is 2.08. The van der Waals surface area contributed by atoms with E-state index in [0.717, 1.165) is 17.4 Å². The van der Waals surface area contributed by atoms with Crippen LogP contribution in [0.5, 0.6) is 0 Å². The summed E-state index contributed by atoms with van der Waals surface area (Å²) in [4.78, 5) is 26.0. The second kappa shape index (κ2) is 10.4. The van der Waals surface area contributed by atoms with Crippen LogP contribution in [0.2, 0.25) is 0 Å². The fraction of sp³-hybridized carbons (Fsp3) is 0.538. The van der Waals surface area contributed by atoms with E-state index in [-0.39, 0.29) is 25.3 Å². The third-order valence-corrected chi connectivity index (χ3v) is 6.61. The Bertz CT molecular complexity index is 992. The molecule has 0 N–H and O–H groups in total. The lowest BCUT2D eigenvalue weighted by atomic mass is 9.91. The van der Waals surface area contributed by atoms with Gasteiger partial charge in [0.2, 0.25) is 0 Å². The van der Waals surface area contributed by atoms with Crippen molar-refractivity contribution >= 4 is 31.3 Å². The van der Waals surface area contributed by atoms with Gasteiger partial charge in [-0.3, -0.25) is 0 Å². The number of fused-ring (bicyclic) bond motifs is 2. The van der Waals surface area contributed by atoms with Crippen molar-refractivity contribution in [2.24, 2.45) is 11.8 Å². The van der Waals surface area contributed by atoms with Crippen molar-refractivity contribution in [3.8, 4) is 0 Å². The molecule has 8 heteroatoms. The number of rotatable bonds is 3. The Morgan fingerprint density at radius 1 is 1.21 bits per heavy atom. The van der Waals surface area contributed by atoms with E-state index in [2.05, 4.69) is 0 Å². The van der Waals surface area contributed by atoms with Crippen molar-refractivity contribution in [1.82, 2.24) is 0 Å². The number of benzene rings is 1. The van der Waals surface area contributed by atoms with Crippen molar-refractivity contribution in [2.45, 2.75) is 72.1 Å². The van der Waals surface area contributed by atoms with Crippen LogP contribution >= 0.6 is 0 Å². The molecule has 1 saturated heterocycles. The van der Waals surface area contributed by atoms with Gasteiger partial charge in [-0.1, -0.05) is 26.0 Å². The van der Waals surface area contributed by atoms with Crippen molar-refractivity contribution in [3.63, 3.8) is 0 Å². The predicted octanol–water partition coefficient (Wildman–Crippen LogP) is 4.58. The number of esters is 1. The van der Waals surface area contributed by atoms with Crippen LogP contribution < -0.4 is 4.81 Å². The summed E-state index contributed by atoms with van der Waals surface area (Å²) in [7, 11) is 2.06. The van der Waals surface area contributed by atoms with Gasteiger partial charge in [-0.15, -0.1) is 0 Å². The summed E-state index contributed by atoms with van der Waals surface area (Å²) in [6.07, 6.45) is 5.30. The summed E-state index contributed by atoms with van der Waals surface area (Å²) in [5.74, 6) is -2.42. The minimum absolute atomic E-state index is 0.237. The molecule has 2 heterocycles. The Labute approximate surface area is 202 Å². The zero-order chi connectivity index (χ0) is 25.2. The molecular weight excluding hydrogens is 436 g/mol. The molecule has 0 amide bonds. The first-order chi connectivity index (χ1) is 15.9. The van der Waals surface area contributed by atoms with Crippen LogP contribution in [0.15, 0.2) is 30.1 Å². The van der Waals surface area contributed by atoms with Crippen LogP contribution in [0, 0.1) is 18.8 Å². The number of aryl methyl sites for hydroxylation is 1. The van der Waals surface area contributed by atoms with E-state index < -0.39 is 29.9 Å². The highest BCUT2D eigenvalue weighted by molar-refractivity contribution is 6.70. The summed E-state index contributed by atoms with van der Waals surface area (Å²) < 4.78 is 33.1. The monoisotopic (exact) mass is 471 g/mol. The van der Waals surface area contributed by atoms with Crippen LogP contribution in [0.25, 0.3) is 6.08 Å². The van der Waals surface area contributed by atoms with Gasteiger partial charge in [-0.2, -0.15) is 0 Å². The van der Waals surface area contributed by atoms with E-state index in [1.54, 1.807) is 13.8 Å². The number of hydrogen-bond acceptors (Lipinski definition) is 6. The third kappa shape index (κ3) is 5.78. The molecular formula is C26H35BFNO5. The summed E-state index contributed by atoms with van der Waals surface area (Å²) in [6.45, 7) is 10.9. The molecule has 34 heavy (non-hydrogen) atoms. The molecule has 1 aromatic carbocycles. The highest BCUT2D eigenvalue weighted by Gasteiger charge is 2.44. The van der Waals surface area contributed by atoms with Crippen LogP contribution in [0.1, 0.15) is 62.5 Å². The van der Waals surface area contributed by atoms with E-state index in [1.165, 1.54) is 6.08 Å².